The van der Waals surface area contributed by atoms with Gasteiger partial charge < -0.3 is 9.47 Å². The molecule has 0 fully saturated rings. The molecule has 0 unspecified atom stereocenters. The van der Waals surface area contributed by atoms with Gasteiger partial charge in [-0.25, -0.2) is 4.39 Å². The molecule has 3 aromatic carbocycles. The number of rotatable bonds is 4. The van der Waals surface area contributed by atoms with Gasteiger partial charge in [-0.1, -0.05) is 12.1 Å². The topological polar surface area (TPSA) is 53.4 Å². The van der Waals surface area contributed by atoms with E-state index >= 15 is 0 Å². The van der Waals surface area contributed by atoms with Crippen LogP contribution >= 0.6 is 0 Å². The van der Waals surface area contributed by atoms with Gasteiger partial charge >= 0.3 is 12.7 Å². The number of ether oxygens (including phenoxy) is 2. The summed E-state index contributed by atoms with van der Waals surface area (Å²) < 4.78 is 98.0. The molecule has 34 heavy (non-hydrogen) atoms. The number of benzene rings is 3. The van der Waals surface area contributed by atoms with Gasteiger partial charge in [0.25, 0.3) is 5.56 Å². The first kappa shape index (κ1) is 23.1. The van der Waals surface area contributed by atoms with Gasteiger partial charge in [0.1, 0.15) is 17.3 Å². The highest BCUT2D eigenvalue weighted by molar-refractivity contribution is 5.95. The van der Waals surface area contributed by atoms with E-state index in [1.807, 2.05) is 0 Å². The monoisotopic (exact) mass is 484 g/mol. The standard InChI is InChI=1S/C22H11F7N2O3/c23-13-4-6-14(7-5-13)31-20(32)18-11-16(34-22(27,28)29)8-9-17(18)19(30-31)12-2-1-3-15(10-12)33-21(24,25)26/h1-11H. The molecule has 0 spiro atoms. The minimum atomic E-state index is -5.03. The first-order chi connectivity index (χ1) is 15.9. The van der Waals surface area contributed by atoms with Gasteiger partial charge in [0.05, 0.1) is 16.8 Å². The van der Waals surface area contributed by atoms with E-state index < -0.39 is 35.6 Å². The van der Waals surface area contributed by atoms with Crippen LogP contribution in [0.5, 0.6) is 11.5 Å². The van der Waals surface area contributed by atoms with Crippen LogP contribution in [0.2, 0.25) is 0 Å². The van der Waals surface area contributed by atoms with Crippen LogP contribution in [0.1, 0.15) is 0 Å². The Morgan fingerprint density at radius 1 is 0.735 bits per heavy atom. The number of hydrogen-bond acceptors (Lipinski definition) is 4. The Morgan fingerprint density at radius 2 is 1.35 bits per heavy atom. The van der Waals surface area contributed by atoms with Gasteiger partial charge in [-0.2, -0.15) is 9.78 Å². The lowest BCUT2D eigenvalue weighted by Crippen LogP contribution is -2.23. The average Bonchev–Trinajstić information content (AvgIpc) is 2.73. The Hall–Kier alpha value is -4.09. The van der Waals surface area contributed by atoms with Crippen molar-refractivity contribution >= 4 is 10.8 Å². The summed E-state index contributed by atoms with van der Waals surface area (Å²) >= 11 is 0. The van der Waals surface area contributed by atoms with Crippen molar-refractivity contribution < 1.29 is 40.2 Å². The predicted octanol–water partition coefficient (Wildman–Crippen LogP) is 5.99. The molecular formula is C22H11F7N2O3. The van der Waals surface area contributed by atoms with Gasteiger partial charge in [0, 0.05) is 10.9 Å². The molecule has 4 rings (SSSR count). The lowest BCUT2D eigenvalue weighted by atomic mass is 10.0. The third-order valence-corrected chi connectivity index (χ3v) is 4.51. The second kappa shape index (κ2) is 8.36. The second-order valence-electron chi connectivity index (χ2n) is 6.87. The lowest BCUT2D eigenvalue weighted by molar-refractivity contribution is -0.275. The van der Waals surface area contributed by atoms with Crippen molar-refractivity contribution in [1.29, 1.82) is 0 Å². The smallest absolute Gasteiger partial charge is 0.406 e. The number of fused-ring (bicyclic) bond motifs is 1. The zero-order chi connectivity index (χ0) is 24.7. The Balaban J connectivity index is 1.97. The van der Waals surface area contributed by atoms with Crippen molar-refractivity contribution in [3.05, 3.63) is 82.9 Å². The third kappa shape index (κ3) is 5.11. The maximum absolute atomic E-state index is 13.4. The molecule has 4 aromatic rings. The van der Waals surface area contributed by atoms with Crippen LogP contribution in [0.3, 0.4) is 0 Å². The molecule has 12 heteroatoms. The maximum atomic E-state index is 13.4. The second-order valence-corrected chi connectivity index (χ2v) is 6.87. The van der Waals surface area contributed by atoms with E-state index in [0.29, 0.717) is 0 Å². The number of alkyl halides is 6. The highest BCUT2D eigenvalue weighted by Gasteiger charge is 2.32. The number of nitrogens with zero attached hydrogens (tertiary/aromatic N) is 2. The molecule has 1 heterocycles. The van der Waals surface area contributed by atoms with Crippen LogP contribution in [0.15, 0.2) is 71.5 Å². The third-order valence-electron chi connectivity index (χ3n) is 4.51. The minimum Gasteiger partial charge on any atom is -0.406 e. The summed E-state index contributed by atoms with van der Waals surface area (Å²) in [5.74, 6) is -1.87. The molecule has 176 valence electrons. The maximum Gasteiger partial charge on any atom is 0.573 e. The van der Waals surface area contributed by atoms with Gasteiger partial charge in [0.15, 0.2) is 0 Å². The molecule has 0 aliphatic carbocycles. The molecule has 0 saturated heterocycles. The number of hydrogen-bond donors (Lipinski definition) is 0. The Morgan fingerprint density at radius 3 is 1.97 bits per heavy atom. The van der Waals surface area contributed by atoms with Crippen molar-refractivity contribution in [3.8, 4) is 28.4 Å². The summed E-state index contributed by atoms with van der Waals surface area (Å²) in [7, 11) is 0. The summed E-state index contributed by atoms with van der Waals surface area (Å²) in [5, 5.41) is 3.97. The Bertz CT molecular complexity index is 1410. The van der Waals surface area contributed by atoms with E-state index in [9.17, 15) is 35.5 Å². The average molecular weight is 484 g/mol. The minimum absolute atomic E-state index is 0.0369. The molecule has 0 amide bonds. The number of halogens is 7. The fraction of sp³-hybridized carbons (Fsp3) is 0.0909. The summed E-state index contributed by atoms with van der Waals surface area (Å²) in [6.07, 6.45) is -9.99. The largest absolute Gasteiger partial charge is 0.573 e. The molecule has 0 bridgehead atoms. The van der Waals surface area contributed by atoms with Crippen LogP contribution in [0.4, 0.5) is 30.7 Å². The summed E-state index contributed by atoms with van der Waals surface area (Å²) in [4.78, 5) is 13.1. The first-order valence-corrected chi connectivity index (χ1v) is 9.35. The quantitative estimate of drug-likeness (QED) is 0.334. The molecule has 0 radical (unpaired) electrons. The van der Waals surface area contributed by atoms with E-state index in [2.05, 4.69) is 14.6 Å². The van der Waals surface area contributed by atoms with Crippen molar-refractivity contribution in [2.45, 2.75) is 12.7 Å². The van der Waals surface area contributed by atoms with Crippen LogP contribution in [0.25, 0.3) is 27.7 Å². The molecule has 1 aromatic heterocycles. The molecule has 0 aliphatic heterocycles. The van der Waals surface area contributed by atoms with Crippen molar-refractivity contribution in [2.24, 2.45) is 0 Å². The van der Waals surface area contributed by atoms with Crippen LogP contribution in [-0.4, -0.2) is 22.5 Å². The molecule has 0 atom stereocenters. The van der Waals surface area contributed by atoms with Gasteiger partial charge in [-0.05, 0) is 54.6 Å². The van der Waals surface area contributed by atoms with Crippen molar-refractivity contribution in [2.75, 3.05) is 0 Å². The summed E-state index contributed by atoms with van der Waals surface area (Å²) in [6, 6.07) is 12.1. The van der Waals surface area contributed by atoms with E-state index in [1.165, 1.54) is 24.3 Å². The van der Waals surface area contributed by atoms with Crippen molar-refractivity contribution in [3.63, 3.8) is 0 Å². The van der Waals surface area contributed by atoms with Crippen LogP contribution < -0.4 is 15.0 Å². The highest BCUT2D eigenvalue weighted by Crippen LogP contribution is 2.33. The first-order valence-electron chi connectivity index (χ1n) is 9.35. The molecule has 0 saturated carbocycles. The van der Waals surface area contributed by atoms with Crippen LogP contribution in [0, 0.1) is 5.82 Å². The fourth-order valence-corrected chi connectivity index (χ4v) is 3.23. The van der Waals surface area contributed by atoms with Gasteiger partial charge in [-0.15, -0.1) is 26.3 Å². The summed E-state index contributed by atoms with van der Waals surface area (Å²) in [5.41, 5.74) is -0.753. The molecule has 0 N–H and O–H groups in total. The SMILES string of the molecule is O=c1c2cc(OC(F)(F)F)ccc2c(-c2cccc(OC(F)(F)F)c2)nn1-c1ccc(F)cc1. The van der Waals surface area contributed by atoms with Gasteiger partial charge in [-0.3, -0.25) is 4.79 Å². The van der Waals surface area contributed by atoms with Crippen LogP contribution in [-0.2, 0) is 0 Å². The Labute approximate surface area is 185 Å². The highest BCUT2D eigenvalue weighted by atomic mass is 19.4. The summed E-state index contributed by atoms with van der Waals surface area (Å²) in [6.45, 7) is 0. The zero-order valence-corrected chi connectivity index (χ0v) is 16.6. The predicted molar refractivity (Wildman–Crippen MR) is 106 cm³/mol. The molecule has 0 aliphatic rings. The van der Waals surface area contributed by atoms with E-state index in [4.69, 9.17) is 0 Å². The van der Waals surface area contributed by atoms with Gasteiger partial charge in [0.2, 0.25) is 0 Å². The van der Waals surface area contributed by atoms with E-state index in [1.54, 1.807) is 0 Å². The zero-order valence-electron chi connectivity index (χ0n) is 16.6. The lowest BCUT2D eigenvalue weighted by Gasteiger charge is -2.14. The van der Waals surface area contributed by atoms with Crippen molar-refractivity contribution in [1.82, 2.24) is 9.78 Å². The van der Waals surface area contributed by atoms with E-state index in [0.717, 1.165) is 47.1 Å². The normalized spacial score (nSPS) is 12.1. The number of aromatic nitrogens is 2. The fourth-order valence-electron chi connectivity index (χ4n) is 3.23. The molecule has 5 nitrogen and oxygen atoms in total. The van der Waals surface area contributed by atoms with E-state index in [-0.39, 0.29) is 27.7 Å². The molecular weight excluding hydrogens is 473 g/mol. The Kier molecular flexibility index (Phi) is 5.67.